The molecular formula is C13H20NO. The number of hydrogen-bond acceptors (Lipinski definition) is 2. The molecule has 0 bridgehead atoms. The van der Waals surface area contributed by atoms with Gasteiger partial charge in [0, 0.05) is 19.8 Å². The van der Waals surface area contributed by atoms with E-state index in [-0.39, 0.29) is 0 Å². The second-order valence-electron chi connectivity index (χ2n) is 3.80. The average Bonchev–Trinajstić information content (AvgIpc) is 2.25. The van der Waals surface area contributed by atoms with Crippen molar-refractivity contribution in [2.24, 2.45) is 0 Å². The van der Waals surface area contributed by atoms with Crippen LogP contribution in [0.5, 0.6) is 5.75 Å². The molecule has 83 valence electrons. The molecule has 0 fully saturated rings. The Bertz CT molecular complexity index is 266. The van der Waals surface area contributed by atoms with Crippen LogP contribution < -0.4 is 9.64 Å². The average molecular weight is 206 g/mol. The minimum Gasteiger partial charge on any atom is -0.494 e. The van der Waals surface area contributed by atoms with Crippen molar-refractivity contribution in [2.75, 3.05) is 25.6 Å². The molecule has 0 atom stereocenters. The number of benzene rings is 1. The van der Waals surface area contributed by atoms with Gasteiger partial charge in [-0.1, -0.05) is 19.8 Å². The summed E-state index contributed by atoms with van der Waals surface area (Å²) in [7, 11) is 4.06. The van der Waals surface area contributed by atoms with E-state index in [0.717, 1.165) is 31.6 Å². The van der Waals surface area contributed by atoms with E-state index in [9.17, 15) is 0 Å². The molecule has 0 aliphatic rings. The van der Waals surface area contributed by atoms with Gasteiger partial charge in [0.05, 0.1) is 6.61 Å². The molecule has 0 heterocycles. The van der Waals surface area contributed by atoms with Crippen molar-refractivity contribution in [1.82, 2.24) is 0 Å². The van der Waals surface area contributed by atoms with Gasteiger partial charge in [0.2, 0.25) is 0 Å². The summed E-state index contributed by atoms with van der Waals surface area (Å²) in [5, 5.41) is 0. The highest BCUT2D eigenvalue weighted by atomic mass is 16.5. The summed E-state index contributed by atoms with van der Waals surface area (Å²) in [6, 6.07) is 8.16. The van der Waals surface area contributed by atoms with Gasteiger partial charge in [-0.05, 0) is 30.7 Å². The van der Waals surface area contributed by atoms with Gasteiger partial charge >= 0.3 is 0 Å². The molecule has 1 radical (unpaired) electrons. The molecule has 0 aromatic heterocycles. The summed E-state index contributed by atoms with van der Waals surface area (Å²) in [4.78, 5) is 2.08. The highest BCUT2D eigenvalue weighted by Gasteiger charge is 1.96. The fourth-order valence-corrected chi connectivity index (χ4v) is 1.31. The van der Waals surface area contributed by atoms with Gasteiger partial charge in [0.15, 0.2) is 0 Å². The molecule has 0 aliphatic heterocycles. The van der Waals surface area contributed by atoms with Crippen molar-refractivity contribution < 1.29 is 4.74 Å². The Morgan fingerprint density at radius 3 is 2.33 bits per heavy atom. The monoisotopic (exact) mass is 206 g/mol. The third-order valence-electron chi connectivity index (χ3n) is 2.27. The largest absolute Gasteiger partial charge is 0.494 e. The van der Waals surface area contributed by atoms with Crippen molar-refractivity contribution in [2.45, 2.75) is 19.3 Å². The van der Waals surface area contributed by atoms with Crippen LogP contribution in [0, 0.1) is 6.92 Å². The quantitative estimate of drug-likeness (QED) is 0.663. The van der Waals surface area contributed by atoms with Gasteiger partial charge in [-0.3, -0.25) is 0 Å². The fourth-order valence-electron chi connectivity index (χ4n) is 1.31. The van der Waals surface area contributed by atoms with E-state index in [0.29, 0.717) is 0 Å². The maximum Gasteiger partial charge on any atom is 0.119 e. The molecule has 0 spiro atoms. The van der Waals surface area contributed by atoms with E-state index in [4.69, 9.17) is 4.74 Å². The third kappa shape index (κ3) is 4.24. The molecular weight excluding hydrogens is 186 g/mol. The first-order valence-corrected chi connectivity index (χ1v) is 5.43. The number of rotatable bonds is 6. The molecule has 2 heteroatoms. The van der Waals surface area contributed by atoms with E-state index >= 15 is 0 Å². The van der Waals surface area contributed by atoms with Crippen molar-refractivity contribution in [3.63, 3.8) is 0 Å². The van der Waals surface area contributed by atoms with Crippen LogP contribution in [0.15, 0.2) is 24.3 Å². The van der Waals surface area contributed by atoms with Crippen molar-refractivity contribution >= 4 is 5.69 Å². The Hall–Kier alpha value is -1.18. The number of unbranched alkanes of at least 4 members (excludes halogenated alkanes) is 2. The summed E-state index contributed by atoms with van der Waals surface area (Å²) in [5.74, 6) is 0.949. The molecule has 0 saturated heterocycles. The van der Waals surface area contributed by atoms with Crippen LogP contribution in [-0.2, 0) is 0 Å². The lowest BCUT2D eigenvalue weighted by molar-refractivity contribution is 0.307. The van der Waals surface area contributed by atoms with E-state index in [1.807, 2.05) is 26.2 Å². The van der Waals surface area contributed by atoms with Crippen molar-refractivity contribution in [1.29, 1.82) is 0 Å². The van der Waals surface area contributed by atoms with Gasteiger partial charge < -0.3 is 9.64 Å². The van der Waals surface area contributed by atoms with Crippen molar-refractivity contribution in [3.8, 4) is 5.75 Å². The van der Waals surface area contributed by atoms with Crippen LogP contribution in [-0.4, -0.2) is 20.7 Å². The van der Waals surface area contributed by atoms with Gasteiger partial charge in [-0.15, -0.1) is 0 Å². The Morgan fingerprint density at radius 2 is 1.80 bits per heavy atom. The van der Waals surface area contributed by atoms with E-state index in [1.54, 1.807) is 0 Å². The van der Waals surface area contributed by atoms with Gasteiger partial charge in [-0.2, -0.15) is 0 Å². The lowest BCUT2D eigenvalue weighted by Gasteiger charge is -2.13. The Kier molecular flexibility index (Phi) is 5.02. The van der Waals surface area contributed by atoms with Crippen LogP contribution in [0.2, 0.25) is 0 Å². The second-order valence-corrected chi connectivity index (χ2v) is 3.80. The van der Waals surface area contributed by atoms with Crippen LogP contribution in [0.4, 0.5) is 5.69 Å². The maximum absolute atomic E-state index is 5.60. The molecule has 1 aromatic carbocycles. The summed E-state index contributed by atoms with van der Waals surface area (Å²) < 4.78 is 5.60. The van der Waals surface area contributed by atoms with E-state index in [1.165, 1.54) is 5.69 Å². The lowest BCUT2D eigenvalue weighted by atomic mass is 10.2. The van der Waals surface area contributed by atoms with Crippen LogP contribution in [0.3, 0.4) is 0 Å². The smallest absolute Gasteiger partial charge is 0.119 e. The molecule has 2 nitrogen and oxygen atoms in total. The molecule has 1 aromatic rings. The zero-order valence-electron chi connectivity index (χ0n) is 9.70. The minimum absolute atomic E-state index is 0.789. The predicted molar refractivity (Wildman–Crippen MR) is 65.5 cm³/mol. The van der Waals surface area contributed by atoms with Crippen LogP contribution in [0.1, 0.15) is 19.3 Å². The number of hydrogen-bond donors (Lipinski definition) is 0. The Balaban J connectivity index is 2.36. The number of ether oxygens (including phenoxy) is 1. The summed E-state index contributed by atoms with van der Waals surface area (Å²) in [6.45, 7) is 4.59. The Morgan fingerprint density at radius 1 is 1.13 bits per heavy atom. The topological polar surface area (TPSA) is 12.5 Å². The lowest BCUT2D eigenvalue weighted by Crippen LogP contribution is -2.08. The van der Waals surface area contributed by atoms with Crippen LogP contribution in [0.25, 0.3) is 0 Å². The molecule has 0 amide bonds. The molecule has 0 N–H and O–H groups in total. The fraction of sp³-hybridized carbons (Fsp3) is 0.462. The normalized spacial score (nSPS) is 10.1. The van der Waals surface area contributed by atoms with Gasteiger partial charge in [-0.25, -0.2) is 0 Å². The summed E-state index contributed by atoms with van der Waals surface area (Å²) >= 11 is 0. The first kappa shape index (κ1) is 11.9. The molecule has 0 aliphatic carbocycles. The Labute approximate surface area is 92.9 Å². The second kappa shape index (κ2) is 6.33. The zero-order chi connectivity index (χ0) is 11.1. The molecule has 15 heavy (non-hydrogen) atoms. The molecule has 0 unspecified atom stereocenters. The highest BCUT2D eigenvalue weighted by Crippen LogP contribution is 2.17. The third-order valence-corrected chi connectivity index (χ3v) is 2.27. The minimum atomic E-state index is 0.789. The highest BCUT2D eigenvalue weighted by molar-refractivity contribution is 5.47. The van der Waals surface area contributed by atoms with E-state index in [2.05, 4.69) is 24.0 Å². The summed E-state index contributed by atoms with van der Waals surface area (Å²) in [6.07, 6.45) is 3.21. The first-order chi connectivity index (χ1) is 7.24. The van der Waals surface area contributed by atoms with Crippen molar-refractivity contribution in [3.05, 3.63) is 31.2 Å². The number of nitrogens with zero attached hydrogens (tertiary/aromatic N) is 1. The summed E-state index contributed by atoms with van der Waals surface area (Å²) in [5.41, 5.74) is 1.19. The first-order valence-electron chi connectivity index (χ1n) is 5.43. The van der Waals surface area contributed by atoms with E-state index < -0.39 is 0 Å². The van der Waals surface area contributed by atoms with Gasteiger partial charge in [0.25, 0.3) is 0 Å². The molecule has 1 rings (SSSR count). The maximum atomic E-state index is 5.60. The van der Waals surface area contributed by atoms with Crippen LogP contribution >= 0.6 is 0 Å². The zero-order valence-corrected chi connectivity index (χ0v) is 9.70. The predicted octanol–water partition coefficient (Wildman–Crippen LogP) is 3.14. The van der Waals surface area contributed by atoms with Gasteiger partial charge in [0.1, 0.15) is 5.75 Å². The SMILES string of the molecule is [CH2]CCCCOc1ccc(N(C)C)cc1. The molecule has 0 saturated carbocycles. The number of anilines is 1. The standard InChI is InChI=1S/C13H20NO/c1-4-5-6-11-15-13-9-7-12(8-10-13)14(2)3/h7-10H,1,4-6,11H2,2-3H3.